The Kier molecular flexibility index (Phi) is 3.48. The molecule has 1 N–H and O–H groups in total. The Hall–Kier alpha value is -0.120. The van der Waals surface area contributed by atoms with Crippen molar-refractivity contribution in [2.24, 2.45) is 0 Å². The predicted molar refractivity (Wildman–Crippen MR) is 47.5 cm³/mol. The minimum Gasteiger partial charge on any atom is -0.374 e. The molecule has 0 aliphatic heterocycles. The Labute approximate surface area is 69.6 Å². The van der Waals surface area contributed by atoms with Gasteiger partial charge in [0.1, 0.15) is 5.72 Å². The topological polar surface area (TPSA) is 26.7 Å². The molecule has 11 heavy (non-hydrogen) atoms. The van der Waals surface area contributed by atoms with Crippen LogP contribution in [0.2, 0.25) is 0 Å². The summed E-state index contributed by atoms with van der Waals surface area (Å²) in [4.78, 5) is 3.82. The molecule has 0 saturated carbocycles. The fraction of sp³-hybridized carbons (Fsp3) is 1.00. The lowest BCUT2D eigenvalue weighted by molar-refractivity contribution is -0.113. The monoisotopic (exact) mass is 160 g/mol. The molecule has 3 nitrogen and oxygen atoms in total. The Bertz CT molecular complexity index is 121. The average molecular weight is 160 g/mol. The fourth-order valence-electron chi connectivity index (χ4n) is 0.863. The summed E-state index contributed by atoms with van der Waals surface area (Å²) in [6.07, 6.45) is 0. The highest BCUT2D eigenvalue weighted by molar-refractivity contribution is 4.81. The number of hydrogen-bond acceptors (Lipinski definition) is 3. The van der Waals surface area contributed by atoms with Crippen LogP contribution >= 0.6 is 0 Å². The van der Waals surface area contributed by atoms with Crippen molar-refractivity contribution in [1.82, 2.24) is 9.80 Å². The molecule has 0 aliphatic carbocycles. The molecule has 0 rings (SSSR count). The van der Waals surface area contributed by atoms with E-state index < -0.39 is 5.72 Å². The third kappa shape index (κ3) is 2.43. The third-order valence-electron chi connectivity index (χ3n) is 2.47. The predicted octanol–water partition coefficient (Wildman–Crippen LogP) is 0.207. The molecule has 0 aromatic heterocycles. The zero-order chi connectivity index (χ0) is 9.23. The van der Waals surface area contributed by atoms with Gasteiger partial charge in [-0.3, -0.25) is 4.90 Å². The van der Waals surface area contributed by atoms with Gasteiger partial charge >= 0.3 is 0 Å². The number of hydrogen-bond donors (Lipinski definition) is 1. The smallest absolute Gasteiger partial charge is 0.130 e. The first kappa shape index (κ1) is 10.9. The van der Waals surface area contributed by atoms with Crippen molar-refractivity contribution < 1.29 is 5.11 Å². The van der Waals surface area contributed by atoms with E-state index in [0.717, 1.165) is 0 Å². The first-order valence-electron chi connectivity index (χ1n) is 3.86. The molecule has 0 aromatic carbocycles. The van der Waals surface area contributed by atoms with Gasteiger partial charge in [0.2, 0.25) is 0 Å². The largest absolute Gasteiger partial charge is 0.374 e. The molecule has 3 heteroatoms. The van der Waals surface area contributed by atoms with Crippen molar-refractivity contribution >= 4 is 0 Å². The van der Waals surface area contributed by atoms with Crippen LogP contribution < -0.4 is 0 Å². The molecule has 0 radical (unpaired) electrons. The Balaban J connectivity index is 4.29. The van der Waals surface area contributed by atoms with Gasteiger partial charge in [-0.25, -0.2) is 0 Å². The van der Waals surface area contributed by atoms with Gasteiger partial charge in [-0.2, -0.15) is 0 Å². The van der Waals surface area contributed by atoms with Crippen LogP contribution in [0.4, 0.5) is 0 Å². The molecule has 0 aromatic rings. The second kappa shape index (κ2) is 3.52. The molecule has 2 atom stereocenters. The lowest BCUT2D eigenvalue weighted by Crippen LogP contribution is -2.55. The maximum atomic E-state index is 9.91. The molecular formula is C8H20N2O. The normalized spacial score (nSPS) is 20.5. The zero-order valence-electron chi connectivity index (χ0n) is 8.42. The minimum absolute atomic E-state index is 0.123. The van der Waals surface area contributed by atoms with E-state index >= 15 is 0 Å². The highest BCUT2D eigenvalue weighted by Crippen LogP contribution is 2.15. The summed E-state index contributed by atoms with van der Waals surface area (Å²) < 4.78 is 0. The summed E-state index contributed by atoms with van der Waals surface area (Å²) >= 11 is 0. The number of aliphatic hydroxyl groups is 1. The van der Waals surface area contributed by atoms with E-state index in [1.807, 2.05) is 51.8 Å². The highest BCUT2D eigenvalue weighted by atomic mass is 16.3. The van der Waals surface area contributed by atoms with Gasteiger partial charge < -0.3 is 10.0 Å². The summed E-state index contributed by atoms with van der Waals surface area (Å²) in [5.41, 5.74) is -0.760. The van der Waals surface area contributed by atoms with Crippen LogP contribution in [0.3, 0.4) is 0 Å². The van der Waals surface area contributed by atoms with Crippen molar-refractivity contribution in [3.05, 3.63) is 0 Å². The van der Waals surface area contributed by atoms with Crippen molar-refractivity contribution in [3.8, 4) is 0 Å². The fourth-order valence-corrected chi connectivity index (χ4v) is 0.863. The van der Waals surface area contributed by atoms with E-state index in [1.54, 1.807) is 0 Å². The molecule has 0 fully saturated rings. The minimum atomic E-state index is -0.760. The van der Waals surface area contributed by atoms with Gasteiger partial charge in [0.15, 0.2) is 0 Å². The summed E-state index contributed by atoms with van der Waals surface area (Å²) in [7, 11) is 7.67. The molecule has 0 spiro atoms. The van der Waals surface area contributed by atoms with Crippen LogP contribution in [0.1, 0.15) is 13.8 Å². The molecule has 0 amide bonds. The lowest BCUT2D eigenvalue weighted by atomic mass is 10.1. The zero-order valence-corrected chi connectivity index (χ0v) is 8.42. The molecule has 0 saturated heterocycles. The molecular weight excluding hydrogens is 140 g/mol. The van der Waals surface area contributed by atoms with E-state index in [4.69, 9.17) is 0 Å². The highest BCUT2D eigenvalue weighted by Gasteiger charge is 2.31. The summed E-state index contributed by atoms with van der Waals surface area (Å²) in [6.45, 7) is 3.82. The van der Waals surface area contributed by atoms with E-state index in [0.29, 0.717) is 0 Å². The Morgan fingerprint density at radius 3 is 1.64 bits per heavy atom. The van der Waals surface area contributed by atoms with Crippen LogP contribution in [0, 0.1) is 0 Å². The summed E-state index contributed by atoms with van der Waals surface area (Å²) in [5.74, 6) is 0. The van der Waals surface area contributed by atoms with E-state index in [1.165, 1.54) is 0 Å². The number of rotatable bonds is 3. The van der Waals surface area contributed by atoms with E-state index in [-0.39, 0.29) is 6.04 Å². The number of likely N-dealkylation sites (N-methyl/N-ethyl adjacent to an activating group) is 2. The van der Waals surface area contributed by atoms with E-state index in [9.17, 15) is 5.11 Å². The first-order valence-corrected chi connectivity index (χ1v) is 3.86. The molecule has 2 unspecified atom stereocenters. The van der Waals surface area contributed by atoms with Gasteiger partial charge in [0.25, 0.3) is 0 Å². The van der Waals surface area contributed by atoms with E-state index in [2.05, 4.69) is 0 Å². The van der Waals surface area contributed by atoms with Gasteiger partial charge in [-0.05, 0) is 42.0 Å². The van der Waals surface area contributed by atoms with Gasteiger partial charge in [-0.1, -0.05) is 0 Å². The van der Waals surface area contributed by atoms with Crippen LogP contribution in [0.25, 0.3) is 0 Å². The van der Waals surface area contributed by atoms with Crippen LogP contribution in [-0.2, 0) is 0 Å². The quantitative estimate of drug-likeness (QED) is 0.598. The number of nitrogens with zero attached hydrogens (tertiary/aromatic N) is 2. The van der Waals surface area contributed by atoms with Crippen LogP contribution in [-0.4, -0.2) is 54.9 Å². The van der Waals surface area contributed by atoms with Crippen LogP contribution in [0.15, 0.2) is 0 Å². The van der Waals surface area contributed by atoms with Crippen molar-refractivity contribution in [2.45, 2.75) is 25.6 Å². The van der Waals surface area contributed by atoms with Gasteiger partial charge in [-0.15, -0.1) is 0 Å². The maximum Gasteiger partial charge on any atom is 0.130 e. The molecule has 0 aliphatic rings. The second-order valence-corrected chi connectivity index (χ2v) is 3.63. The Morgan fingerprint density at radius 2 is 1.55 bits per heavy atom. The van der Waals surface area contributed by atoms with Gasteiger partial charge in [0, 0.05) is 6.04 Å². The third-order valence-corrected chi connectivity index (χ3v) is 2.47. The molecule has 0 bridgehead atoms. The van der Waals surface area contributed by atoms with Crippen LogP contribution in [0.5, 0.6) is 0 Å². The molecule has 68 valence electrons. The Morgan fingerprint density at radius 1 is 1.18 bits per heavy atom. The summed E-state index contributed by atoms with van der Waals surface area (Å²) in [6, 6.07) is 0.123. The molecule has 0 heterocycles. The SMILES string of the molecule is CC(N(C)C)C(C)(O)N(C)C. The van der Waals surface area contributed by atoms with Crippen molar-refractivity contribution in [1.29, 1.82) is 0 Å². The standard InChI is InChI=1S/C8H20N2O/c1-7(9(3)4)8(2,11)10(5)6/h7,11H,1-6H3. The average Bonchev–Trinajstić information content (AvgIpc) is 1.85. The second-order valence-electron chi connectivity index (χ2n) is 3.63. The summed E-state index contributed by atoms with van der Waals surface area (Å²) in [5, 5.41) is 9.91. The maximum absolute atomic E-state index is 9.91. The van der Waals surface area contributed by atoms with Crippen molar-refractivity contribution in [3.63, 3.8) is 0 Å². The van der Waals surface area contributed by atoms with Gasteiger partial charge in [0.05, 0.1) is 0 Å². The first-order chi connectivity index (χ1) is 4.80. The van der Waals surface area contributed by atoms with Crippen molar-refractivity contribution in [2.75, 3.05) is 28.2 Å². The lowest BCUT2D eigenvalue weighted by Gasteiger charge is -2.39.